The number of nitrogens with zero attached hydrogens (tertiary/aromatic N) is 1. The molecule has 0 saturated carbocycles. The summed E-state index contributed by atoms with van der Waals surface area (Å²) in [5.41, 5.74) is -0.142. The van der Waals surface area contributed by atoms with Crippen LogP contribution in [0.25, 0.3) is 0 Å². The van der Waals surface area contributed by atoms with Crippen LogP contribution in [0.4, 0.5) is 18.9 Å². The van der Waals surface area contributed by atoms with Crippen LogP contribution in [-0.2, 0) is 10.9 Å². The van der Waals surface area contributed by atoms with E-state index in [1.165, 1.54) is 0 Å². The summed E-state index contributed by atoms with van der Waals surface area (Å²) in [6, 6.07) is 10.4. The van der Waals surface area contributed by atoms with Crippen molar-refractivity contribution in [1.29, 1.82) is 0 Å². The van der Waals surface area contributed by atoms with Gasteiger partial charge in [-0.15, -0.1) is 0 Å². The molecule has 0 bridgehead atoms. The van der Waals surface area contributed by atoms with E-state index in [0.717, 1.165) is 24.3 Å². The number of alkyl halides is 3. The minimum atomic E-state index is -4.47. The van der Waals surface area contributed by atoms with Crippen LogP contribution in [0.1, 0.15) is 26.3 Å². The first-order valence-electron chi connectivity index (χ1n) is 8.31. The van der Waals surface area contributed by atoms with E-state index in [9.17, 15) is 22.8 Å². The molecule has 0 aliphatic carbocycles. The fourth-order valence-electron chi connectivity index (χ4n) is 2.72. The molecule has 1 saturated heterocycles. The highest BCUT2D eigenvalue weighted by molar-refractivity contribution is 6.09. The van der Waals surface area contributed by atoms with Gasteiger partial charge in [0.2, 0.25) is 0 Å². The average molecular weight is 378 g/mol. The van der Waals surface area contributed by atoms with Crippen LogP contribution in [0.15, 0.2) is 48.5 Å². The molecule has 5 nitrogen and oxygen atoms in total. The zero-order valence-corrected chi connectivity index (χ0v) is 14.3. The maximum atomic E-state index is 12.7. The van der Waals surface area contributed by atoms with Crippen molar-refractivity contribution in [2.75, 3.05) is 31.6 Å². The van der Waals surface area contributed by atoms with Gasteiger partial charge in [0.1, 0.15) is 0 Å². The second kappa shape index (κ2) is 7.79. The van der Waals surface area contributed by atoms with Crippen molar-refractivity contribution in [1.82, 2.24) is 4.90 Å². The van der Waals surface area contributed by atoms with Crippen molar-refractivity contribution in [3.63, 3.8) is 0 Å². The van der Waals surface area contributed by atoms with E-state index >= 15 is 0 Å². The summed E-state index contributed by atoms with van der Waals surface area (Å²) in [4.78, 5) is 26.7. The minimum absolute atomic E-state index is 0.0663. The first kappa shape index (κ1) is 18.9. The molecular formula is C19H17F3N2O3. The third-order valence-electron chi connectivity index (χ3n) is 4.18. The topological polar surface area (TPSA) is 58.6 Å². The van der Waals surface area contributed by atoms with Gasteiger partial charge in [0, 0.05) is 18.7 Å². The van der Waals surface area contributed by atoms with Crippen molar-refractivity contribution >= 4 is 17.5 Å². The molecule has 8 heteroatoms. The second-order valence-corrected chi connectivity index (χ2v) is 5.98. The number of hydrogen-bond acceptors (Lipinski definition) is 3. The Kier molecular flexibility index (Phi) is 5.46. The Balaban J connectivity index is 1.77. The SMILES string of the molecule is O=C(Nc1ccccc1C(=O)N1CCOCC1)c1ccc(C(F)(F)F)cc1. The van der Waals surface area contributed by atoms with Gasteiger partial charge in [-0.3, -0.25) is 9.59 Å². The Morgan fingerprint density at radius 3 is 2.22 bits per heavy atom. The number of carbonyl (C=O) groups is 2. The standard InChI is InChI=1S/C19H17F3N2O3/c20-19(21,22)14-7-5-13(6-8-14)17(25)23-16-4-2-1-3-15(16)18(26)24-9-11-27-12-10-24/h1-8H,9-12H2,(H,23,25). The molecule has 1 aliphatic heterocycles. The van der Waals surface area contributed by atoms with E-state index in [1.54, 1.807) is 29.2 Å². The van der Waals surface area contributed by atoms with Gasteiger partial charge in [-0.05, 0) is 36.4 Å². The van der Waals surface area contributed by atoms with Gasteiger partial charge in [0.15, 0.2) is 0 Å². The molecule has 1 heterocycles. The summed E-state index contributed by atoms with van der Waals surface area (Å²) < 4.78 is 43.1. The van der Waals surface area contributed by atoms with E-state index in [-0.39, 0.29) is 11.5 Å². The highest BCUT2D eigenvalue weighted by Gasteiger charge is 2.30. The Morgan fingerprint density at radius 1 is 0.963 bits per heavy atom. The molecule has 2 amide bonds. The molecule has 2 aromatic carbocycles. The summed E-state index contributed by atoms with van der Waals surface area (Å²) in [6.07, 6.45) is -4.47. The van der Waals surface area contributed by atoms with Crippen LogP contribution in [0.2, 0.25) is 0 Å². The van der Waals surface area contributed by atoms with E-state index in [2.05, 4.69) is 5.32 Å². The molecule has 1 N–H and O–H groups in total. The number of benzene rings is 2. The van der Waals surface area contributed by atoms with Crippen LogP contribution < -0.4 is 5.32 Å². The van der Waals surface area contributed by atoms with Crippen LogP contribution in [0, 0.1) is 0 Å². The molecule has 1 fully saturated rings. The number of morpholine rings is 1. The third kappa shape index (κ3) is 4.46. The first-order valence-corrected chi connectivity index (χ1v) is 8.31. The van der Waals surface area contributed by atoms with Gasteiger partial charge in [0.05, 0.1) is 30.0 Å². The number of carbonyl (C=O) groups excluding carboxylic acids is 2. The molecule has 0 atom stereocenters. The summed E-state index contributed by atoms with van der Waals surface area (Å²) in [7, 11) is 0. The molecule has 1 aliphatic rings. The minimum Gasteiger partial charge on any atom is -0.378 e. The number of nitrogens with one attached hydrogen (secondary N) is 1. The lowest BCUT2D eigenvalue weighted by molar-refractivity contribution is -0.137. The van der Waals surface area contributed by atoms with Crippen LogP contribution in [-0.4, -0.2) is 43.0 Å². The Hall–Kier alpha value is -2.87. The maximum absolute atomic E-state index is 12.7. The normalized spacial score (nSPS) is 14.7. The van der Waals surface area contributed by atoms with Gasteiger partial charge >= 0.3 is 6.18 Å². The van der Waals surface area contributed by atoms with E-state index < -0.39 is 17.6 Å². The lowest BCUT2D eigenvalue weighted by Crippen LogP contribution is -2.41. The molecule has 0 spiro atoms. The Bertz CT molecular complexity index is 829. The number of halogens is 3. The van der Waals surface area contributed by atoms with Gasteiger partial charge in [-0.25, -0.2) is 0 Å². The molecule has 27 heavy (non-hydrogen) atoms. The Labute approximate surface area is 153 Å². The van der Waals surface area contributed by atoms with Gasteiger partial charge in [-0.2, -0.15) is 13.2 Å². The fourth-order valence-corrected chi connectivity index (χ4v) is 2.72. The lowest BCUT2D eigenvalue weighted by Gasteiger charge is -2.27. The smallest absolute Gasteiger partial charge is 0.378 e. The fraction of sp³-hybridized carbons (Fsp3) is 0.263. The zero-order chi connectivity index (χ0) is 19.4. The lowest BCUT2D eigenvalue weighted by atomic mass is 10.1. The number of amides is 2. The van der Waals surface area contributed by atoms with Crippen LogP contribution >= 0.6 is 0 Å². The Morgan fingerprint density at radius 2 is 1.59 bits per heavy atom. The van der Waals surface area contributed by atoms with E-state index in [0.29, 0.717) is 37.6 Å². The predicted octanol–water partition coefficient (Wildman–Crippen LogP) is 3.43. The number of rotatable bonds is 3. The molecule has 0 radical (unpaired) electrons. The molecule has 142 valence electrons. The molecule has 0 aromatic heterocycles. The highest BCUT2D eigenvalue weighted by Crippen LogP contribution is 2.29. The molecule has 3 rings (SSSR count). The molecule has 0 unspecified atom stereocenters. The van der Waals surface area contributed by atoms with Crippen molar-refractivity contribution in [3.8, 4) is 0 Å². The van der Waals surface area contributed by atoms with Crippen molar-refractivity contribution in [2.45, 2.75) is 6.18 Å². The summed E-state index contributed by atoms with van der Waals surface area (Å²) in [6.45, 7) is 1.82. The maximum Gasteiger partial charge on any atom is 0.416 e. The summed E-state index contributed by atoms with van der Waals surface area (Å²) in [5, 5.41) is 2.61. The molecular weight excluding hydrogens is 361 g/mol. The van der Waals surface area contributed by atoms with Crippen molar-refractivity contribution in [2.24, 2.45) is 0 Å². The van der Waals surface area contributed by atoms with Gasteiger partial charge < -0.3 is 15.0 Å². The summed E-state index contributed by atoms with van der Waals surface area (Å²) in [5.74, 6) is -0.826. The zero-order valence-electron chi connectivity index (χ0n) is 14.3. The number of ether oxygens (including phenoxy) is 1. The van der Waals surface area contributed by atoms with E-state index in [4.69, 9.17) is 4.74 Å². The first-order chi connectivity index (χ1) is 12.9. The van der Waals surface area contributed by atoms with Crippen molar-refractivity contribution < 1.29 is 27.5 Å². The number of para-hydroxylation sites is 1. The second-order valence-electron chi connectivity index (χ2n) is 5.98. The molecule has 2 aromatic rings. The van der Waals surface area contributed by atoms with E-state index in [1.807, 2.05) is 0 Å². The number of anilines is 1. The van der Waals surface area contributed by atoms with Gasteiger partial charge in [-0.1, -0.05) is 12.1 Å². The largest absolute Gasteiger partial charge is 0.416 e. The monoisotopic (exact) mass is 378 g/mol. The predicted molar refractivity (Wildman–Crippen MR) is 92.6 cm³/mol. The quantitative estimate of drug-likeness (QED) is 0.890. The van der Waals surface area contributed by atoms with Crippen LogP contribution in [0.5, 0.6) is 0 Å². The number of hydrogen-bond donors (Lipinski definition) is 1. The third-order valence-corrected chi connectivity index (χ3v) is 4.18. The van der Waals surface area contributed by atoms with Crippen molar-refractivity contribution in [3.05, 3.63) is 65.2 Å². The average Bonchev–Trinajstić information content (AvgIpc) is 2.68. The van der Waals surface area contributed by atoms with Gasteiger partial charge in [0.25, 0.3) is 11.8 Å². The van der Waals surface area contributed by atoms with Crippen LogP contribution in [0.3, 0.4) is 0 Å². The highest BCUT2D eigenvalue weighted by atomic mass is 19.4. The summed E-state index contributed by atoms with van der Waals surface area (Å²) >= 11 is 0.